The second-order valence-corrected chi connectivity index (χ2v) is 10.6. The molecule has 3 N–H and O–H groups in total. The third-order valence-electron chi connectivity index (χ3n) is 7.98. The zero-order valence-electron chi connectivity index (χ0n) is 23.5. The van der Waals surface area contributed by atoms with Crippen molar-refractivity contribution >= 4 is 22.9 Å². The van der Waals surface area contributed by atoms with Gasteiger partial charge in [-0.1, -0.05) is 6.07 Å². The molecule has 208 valence electrons. The van der Waals surface area contributed by atoms with Crippen LogP contribution >= 0.6 is 0 Å². The van der Waals surface area contributed by atoms with Crippen LogP contribution in [0.25, 0.3) is 34.1 Å². The van der Waals surface area contributed by atoms with Crippen molar-refractivity contribution in [1.82, 2.24) is 39.6 Å². The molecular formula is C32H29N9O. The molecule has 1 atom stereocenters. The Hall–Kier alpha value is -5.38. The Morgan fingerprint density at radius 2 is 1.86 bits per heavy atom. The average Bonchev–Trinajstić information content (AvgIpc) is 3.74. The fraction of sp³-hybridized carbons (Fsp3) is 0.188. The highest BCUT2D eigenvalue weighted by molar-refractivity contribution is 5.95. The summed E-state index contributed by atoms with van der Waals surface area (Å²) in [6.07, 6.45) is 6.89. The van der Waals surface area contributed by atoms with Gasteiger partial charge in [-0.3, -0.25) is 14.3 Å². The van der Waals surface area contributed by atoms with Gasteiger partial charge in [0, 0.05) is 30.0 Å². The van der Waals surface area contributed by atoms with Crippen LogP contribution in [-0.2, 0) is 6.42 Å². The summed E-state index contributed by atoms with van der Waals surface area (Å²) in [5.74, 6) is 1.62. The number of anilines is 1. The van der Waals surface area contributed by atoms with Crippen LogP contribution in [0, 0.1) is 20.8 Å². The van der Waals surface area contributed by atoms with Crippen molar-refractivity contribution in [3.05, 3.63) is 107 Å². The zero-order chi connectivity index (χ0) is 29.0. The molecule has 10 nitrogen and oxygen atoms in total. The minimum Gasteiger partial charge on any atom is -0.383 e. The smallest absolute Gasteiger partial charge is 0.253 e. The fourth-order valence-corrected chi connectivity index (χ4v) is 5.70. The van der Waals surface area contributed by atoms with Gasteiger partial charge in [0.1, 0.15) is 11.3 Å². The van der Waals surface area contributed by atoms with E-state index in [9.17, 15) is 4.79 Å². The van der Waals surface area contributed by atoms with Gasteiger partial charge in [-0.15, -0.1) is 0 Å². The van der Waals surface area contributed by atoms with Gasteiger partial charge in [0.15, 0.2) is 17.3 Å². The first kappa shape index (κ1) is 25.6. The number of rotatable bonds is 5. The van der Waals surface area contributed by atoms with E-state index in [2.05, 4.69) is 32.5 Å². The maximum atomic E-state index is 13.3. The lowest BCUT2D eigenvalue weighted by Gasteiger charge is -2.17. The Balaban J connectivity index is 1.30. The molecule has 0 saturated carbocycles. The molecule has 5 heterocycles. The summed E-state index contributed by atoms with van der Waals surface area (Å²) >= 11 is 0. The number of pyridine rings is 3. The number of benzene rings is 1. The monoisotopic (exact) mass is 555 g/mol. The number of carbonyl (C=O) groups is 1. The molecule has 0 spiro atoms. The predicted molar refractivity (Wildman–Crippen MR) is 161 cm³/mol. The number of nitrogens with one attached hydrogen (secondary N) is 1. The minimum absolute atomic E-state index is 0.0833. The highest BCUT2D eigenvalue weighted by Crippen LogP contribution is 2.36. The normalized spacial score (nSPS) is 14.3. The lowest BCUT2D eigenvalue weighted by molar-refractivity contribution is 0.0935. The van der Waals surface area contributed by atoms with Crippen molar-refractivity contribution in [1.29, 1.82) is 0 Å². The number of carbonyl (C=O) groups excluding carboxylic acids is 1. The molecule has 0 bridgehead atoms. The number of imidazole rings is 1. The first-order valence-electron chi connectivity index (χ1n) is 13.9. The molecule has 0 aliphatic heterocycles. The topological polar surface area (TPSA) is 129 Å². The number of nitrogens with two attached hydrogens (primary N) is 1. The summed E-state index contributed by atoms with van der Waals surface area (Å²) in [6.45, 7) is 5.81. The Morgan fingerprint density at radius 1 is 0.976 bits per heavy atom. The van der Waals surface area contributed by atoms with Gasteiger partial charge in [-0.25, -0.2) is 19.6 Å². The molecule has 1 aliphatic rings. The molecule has 5 aromatic heterocycles. The number of amides is 1. The van der Waals surface area contributed by atoms with E-state index in [0.29, 0.717) is 28.7 Å². The number of aromatic nitrogens is 7. The number of aryl methyl sites for hydroxylation is 4. The number of hydrogen-bond donors (Lipinski definition) is 2. The second kappa shape index (κ2) is 9.91. The number of nitrogens with zero attached hydrogens (tertiary/aromatic N) is 7. The Labute approximate surface area is 242 Å². The average molecular weight is 556 g/mol. The number of hydrogen-bond acceptors (Lipinski definition) is 7. The lowest BCUT2D eigenvalue weighted by atomic mass is 10.1. The Kier molecular flexibility index (Phi) is 6.04. The first-order chi connectivity index (χ1) is 20.4. The standard InChI is InChI=1S/C32H29N9O/c1-18-16-25(20(3)36-19(18)2)32(42)38-26-10-7-21-17-22(8-9-23(21)26)41-30(24-6-4-13-34-29(24)33)37-27-11-12-28(39-31(27)41)40-15-5-14-35-40/h4-6,8-9,11-17,26H,7,10H2,1-3H3,(H2,33,34)(H,38,42)/t26-/m0/s1. The van der Waals surface area contributed by atoms with E-state index < -0.39 is 0 Å². The van der Waals surface area contributed by atoms with Crippen molar-refractivity contribution in [2.75, 3.05) is 5.73 Å². The second-order valence-electron chi connectivity index (χ2n) is 10.6. The van der Waals surface area contributed by atoms with Crippen LogP contribution in [0.4, 0.5) is 5.82 Å². The van der Waals surface area contributed by atoms with Crippen LogP contribution < -0.4 is 11.1 Å². The highest BCUT2D eigenvalue weighted by atomic mass is 16.1. The molecule has 0 fully saturated rings. The molecule has 1 amide bonds. The molecule has 42 heavy (non-hydrogen) atoms. The van der Waals surface area contributed by atoms with Crippen molar-refractivity contribution in [2.45, 2.75) is 39.7 Å². The molecule has 1 aliphatic carbocycles. The SMILES string of the molecule is Cc1cc(C(=O)N[C@H]2CCc3cc(-n4c(-c5cccnc5N)nc5ccc(-n6cccn6)nc54)ccc32)c(C)nc1C. The molecule has 6 aromatic rings. The van der Waals surface area contributed by atoms with Crippen molar-refractivity contribution in [3.63, 3.8) is 0 Å². The largest absolute Gasteiger partial charge is 0.383 e. The summed E-state index contributed by atoms with van der Waals surface area (Å²) in [5, 5.41) is 7.59. The third-order valence-corrected chi connectivity index (χ3v) is 7.98. The molecular weight excluding hydrogens is 526 g/mol. The van der Waals surface area contributed by atoms with Gasteiger partial charge in [0.2, 0.25) is 0 Å². The van der Waals surface area contributed by atoms with E-state index in [1.165, 1.54) is 5.56 Å². The van der Waals surface area contributed by atoms with E-state index in [1.54, 1.807) is 17.1 Å². The summed E-state index contributed by atoms with van der Waals surface area (Å²) in [7, 11) is 0. The molecule has 10 heteroatoms. The molecule has 1 aromatic carbocycles. The zero-order valence-corrected chi connectivity index (χ0v) is 23.5. The molecule has 7 rings (SSSR count). The number of nitrogen functional groups attached to an aromatic ring is 1. The maximum absolute atomic E-state index is 13.3. The summed E-state index contributed by atoms with van der Waals surface area (Å²) < 4.78 is 3.74. The lowest BCUT2D eigenvalue weighted by Crippen LogP contribution is -2.28. The predicted octanol–water partition coefficient (Wildman–Crippen LogP) is 4.99. The van der Waals surface area contributed by atoms with Crippen LogP contribution in [0.3, 0.4) is 0 Å². The van der Waals surface area contributed by atoms with Gasteiger partial charge in [-0.05, 0) is 98.8 Å². The van der Waals surface area contributed by atoms with Crippen LogP contribution in [-0.4, -0.2) is 40.2 Å². The van der Waals surface area contributed by atoms with Crippen molar-refractivity contribution < 1.29 is 4.79 Å². The van der Waals surface area contributed by atoms with Crippen LogP contribution in [0.5, 0.6) is 0 Å². The van der Waals surface area contributed by atoms with Crippen molar-refractivity contribution in [3.8, 4) is 22.9 Å². The minimum atomic E-state index is -0.102. The van der Waals surface area contributed by atoms with Crippen molar-refractivity contribution in [2.24, 2.45) is 0 Å². The van der Waals surface area contributed by atoms with Gasteiger partial charge < -0.3 is 11.1 Å². The van der Waals surface area contributed by atoms with Gasteiger partial charge in [0.25, 0.3) is 5.91 Å². The Bertz CT molecular complexity index is 1990. The summed E-state index contributed by atoms with van der Waals surface area (Å²) in [5.41, 5.74) is 14.9. The van der Waals surface area contributed by atoms with E-state index >= 15 is 0 Å². The first-order valence-corrected chi connectivity index (χ1v) is 13.9. The Morgan fingerprint density at radius 3 is 2.67 bits per heavy atom. The molecule has 0 unspecified atom stereocenters. The van der Waals surface area contributed by atoms with E-state index in [-0.39, 0.29) is 11.9 Å². The number of fused-ring (bicyclic) bond motifs is 2. The highest BCUT2D eigenvalue weighted by Gasteiger charge is 2.27. The molecule has 0 radical (unpaired) electrons. The molecule has 0 saturated heterocycles. The third kappa shape index (κ3) is 4.28. The van der Waals surface area contributed by atoms with Gasteiger partial charge in [0.05, 0.1) is 22.9 Å². The quantitative estimate of drug-likeness (QED) is 0.307. The van der Waals surface area contributed by atoms with Crippen LogP contribution in [0.15, 0.2) is 73.2 Å². The van der Waals surface area contributed by atoms with Crippen LogP contribution in [0.2, 0.25) is 0 Å². The van der Waals surface area contributed by atoms with E-state index in [0.717, 1.165) is 52.1 Å². The summed E-state index contributed by atoms with van der Waals surface area (Å²) in [4.78, 5) is 32.0. The van der Waals surface area contributed by atoms with Crippen LogP contribution in [0.1, 0.15) is 50.9 Å². The maximum Gasteiger partial charge on any atom is 0.253 e. The summed E-state index contributed by atoms with van der Waals surface area (Å²) in [6, 6.07) is 17.6. The van der Waals surface area contributed by atoms with Gasteiger partial charge in [-0.2, -0.15) is 5.10 Å². The van der Waals surface area contributed by atoms with E-state index in [4.69, 9.17) is 15.7 Å². The van der Waals surface area contributed by atoms with Gasteiger partial charge >= 0.3 is 0 Å². The fourth-order valence-electron chi connectivity index (χ4n) is 5.70. The van der Waals surface area contributed by atoms with E-state index in [1.807, 2.05) is 74.0 Å².